The van der Waals surface area contributed by atoms with Gasteiger partial charge in [-0.15, -0.1) is 0 Å². The van der Waals surface area contributed by atoms with Crippen molar-refractivity contribution >= 4 is 11.9 Å². The smallest absolute Gasteiger partial charge is 0.417 e. The number of ether oxygens (including phenoxy) is 2. The molecule has 0 aliphatic rings. The van der Waals surface area contributed by atoms with Crippen LogP contribution >= 0.6 is 0 Å². The Bertz CT molecular complexity index is 773. The summed E-state index contributed by atoms with van der Waals surface area (Å²) in [5.41, 5.74) is -0.959. The predicted octanol–water partition coefficient (Wildman–Crippen LogP) is 3.19. The molecule has 0 radical (unpaired) electrons. The zero-order valence-corrected chi connectivity index (χ0v) is 13.8. The van der Waals surface area contributed by atoms with Crippen LogP contribution in [0.25, 0.3) is 0 Å². The van der Waals surface area contributed by atoms with Crippen LogP contribution in [-0.4, -0.2) is 25.6 Å². The van der Waals surface area contributed by atoms with E-state index in [-0.39, 0.29) is 6.54 Å². The number of halogens is 3. The van der Waals surface area contributed by atoms with Crippen LogP contribution in [0.5, 0.6) is 5.75 Å². The van der Waals surface area contributed by atoms with Gasteiger partial charge in [-0.2, -0.15) is 13.2 Å². The molecule has 0 saturated heterocycles. The molecule has 0 fully saturated rings. The Morgan fingerprint density at radius 2 is 1.69 bits per heavy atom. The van der Waals surface area contributed by atoms with Gasteiger partial charge in [0.1, 0.15) is 5.75 Å². The third-order valence-electron chi connectivity index (χ3n) is 3.44. The Morgan fingerprint density at radius 3 is 2.31 bits per heavy atom. The fourth-order valence-electron chi connectivity index (χ4n) is 2.11. The summed E-state index contributed by atoms with van der Waals surface area (Å²) >= 11 is 0. The first-order valence-corrected chi connectivity index (χ1v) is 7.54. The summed E-state index contributed by atoms with van der Waals surface area (Å²) in [6.45, 7) is -0.499. The molecule has 0 unspecified atom stereocenters. The first-order valence-electron chi connectivity index (χ1n) is 7.54. The lowest BCUT2D eigenvalue weighted by Gasteiger charge is -2.12. The Labute approximate surface area is 147 Å². The quantitative estimate of drug-likeness (QED) is 0.797. The minimum Gasteiger partial charge on any atom is -0.497 e. The first-order chi connectivity index (χ1) is 12.3. The standard InChI is InChI=1S/C18H16F3NO4/c1-25-13-8-6-12(7-9-13)10-22-16(23)11-26-17(24)14-4-2-3-5-15(14)18(19,20)21/h2-9H,10-11H2,1H3,(H,22,23). The number of hydrogen-bond acceptors (Lipinski definition) is 4. The summed E-state index contributed by atoms with van der Waals surface area (Å²) in [7, 11) is 1.53. The number of rotatable bonds is 6. The van der Waals surface area contributed by atoms with Gasteiger partial charge in [0.15, 0.2) is 6.61 Å². The molecule has 8 heteroatoms. The molecule has 138 valence electrons. The van der Waals surface area contributed by atoms with Crippen LogP contribution in [0, 0.1) is 0 Å². The molecule has 0 spiro atoms. The van der Waals surface area contributed by atoms with Crippen molar-refractivity contribution in [2.24, 2.45) is 0 Å². The highest BCUT2D eigenvalue weighted by molar-refractivity contribution is 5.93. The van der Waals surface area contributed by atoms with Gasteiger partial charge < -0.3 is 14.8 Å². The highest BCUT2D eigenvalue weighted by Gasteiger charge is 2.35. The highest BCUT2D eigenvalue weighted by atomic mass is 19.4. The van der Waals surface area contributed by atoms with Gasteiger partial charge in [0.25, 0.3) is 5.91 Å². The van der Waals surface area contributed by atoms with Gasteiger partial charge in [0.05, 0.1) is 18.2 Å². The molecule has 1 amide bonds. The lowest BCUT2D eigenvalue weighted by atomic mass is 10.1. The zero-order valence-electron chi connectivity index (χ0n) is 13.8. The summed E-state index contributed by atoms with van der Waals surface area (Å²) in [6.07, 6.45) is -4.69. The monoisotopic (exact) mass is 367 g/mol. The van der Waals surface area contributed by atoms with Crippen LogP contribution in [0.2, 0.25) is 0 Å². The fourth-order valence-corrected chi connectivity index (χ4v) is 2.11. The Kier molecular flexibility index (Phi) is 6.21. The van der Waals surface area contributed by atoms with Gasteiger partial charge in [-0.25, -0.2) is 4.79 Å². The second kappa shape index (κ2) is 8.37. The average Bonchev–Trinajstić information content (AvgIpc) is 2.64. The number of methoxy groups -OCH3 is 1. The van der Waals surface area contributed by atoms with Crippen LogP contribution in [0.4, 0.5) is 13.2 Å². The molecule has 1 N–H and O–H groups in total. The number of amides is 1. The number of alkyl halides is 3. The molecule has 0 heterocycles. The third-order valence-corrected chi connectivity index (χ3v) is 3.44. The number of carbonyl (C=O) groups excluding carboxylic acids is 2. The summed E-state index contributed by atoms with van der Waals surface area (Å²) in [4.78, 5) is 23.6. The largest absolute Gasteiger partial charge is 0.497 e. The Morgan fingerprint density at radius 1 is 1.04 bits per heavy atom. The molecule has 2 rings (SSSR count). The summed E-state index contributed by atoms with van der Waals surface area (Å²) in [5.74, 6) is -1.17. The number of carbonyl (C=O) groups is 2. The SMILES string of the molecule is COc1ccc(CNC(=O)COC(=O)c2ccccc2C(F)(F)F)cc1. The lowest BCUT2D eigenvalue weighted by Crippen LogP contribution is -2.28. The van der Waals surface area contributed by atoms with Crippen LogP contribution in [0.1, 0.15) is 21.5 Å². The predicted molar refractivity (Wildman–Crippen MR) is 86.6 cm³/mol. The second-order valence-corrected chi connectivity index (χ2v) is 5.24. The Balaban J connectivity index is 1.88. The Hall–Kier alpha value is -3.03. The first kappa shape index (κ1) is 19.3. The molecule has 0 aliphatic heterocycles. The summed E-state index contributed by atoms with van der Waals surface area (Å²) in [6, 6.07) is 11.2. The lowest BCUT2D eigenvalue weighted by molar-refractivity contribution is -0.138. The second-order valence-electron chi connectivity index (χ2n) is 5.24. The van der Waals surface area contributed by atoms with Crippen molar-refractivity contribution in [1.82, 2.24) is 5.32 Å². The van der Waals surface area contributed by atoms with Crippen molar-refractivity contribution in [2.45, 2.75) is 12.7 Å². The van der Waals surface area contributed by atoms with Crippen LogP contribution in [-0.2, 0) is 22.3 Å². The van der Waals surface area contributed by atoms with E-state index in [1.54, 1.807) is 24.3 Å². The zero-order chi connectivity index (χ0) is 19.2. The van der Waals surface area contributed by atoms with Crippen LogP contribution < -0.4 is 10.1 Å². The van der Waals surface area contributed by atoms with Crippen molar-refractivity contribution in [2.75, 3.05) is 13.7 Å². The van der Waals surface area contributed by atoms with Gasteiger partial charge in [0.2, 0.25) is 0 Å². The van der Waals surface area contributed by atoms with E-state index in [0.717, 1.165) is 17.7 Å². The maximum Gasteiger partial charge on any atom is 0.417 e. The van der Waals surface area contributed by atoms with Crippen molar-refractivity contribution in [3.8, 4) is 5.75 Å². The van der Waals surface area contributed by atoms with Gasteiger partial charge in [-0.1, -0.05) is 24.3 Å². The van der Waals surface area contributed by atoms with Gasteiger partial charge >= 0.3 is 12.1 Å². The van der Waals surface area contributed by atoms with E-state index in [4.69, 9.17) is 4.74 Å². The topological polar surface area (TPSA) is 64.6 Å². The number of hydrogen-bond donors (Lipinski definition) is 1. The van der Waals surface area contributed by atoms with E-state index in [1.807, 2.05) is 0 Å². The third kappa shape index (κ3) is 5.23. The van der Waals surface area contributed by atoms with Crippen molar-refractivity contribution < 1.29 is 32.2 Å². The number of benzene rings is 2. The van der Waals surface area contributed by atoms with Gasteiger partial charge in [-0.05, 0) is 29.8 Å². The minimum absolute atomic E-state index is 0.180. The van der Waals surface area contributed by atoms with E-state index in [9.17, 15) is 22.8 Å². The van der Waals surface area contributed by atoms with Crippen LogP contribution in [0.15, 0.2) is 48.5 Å². The van der Waals surface area contributed by atoms with Crippen molar-refractivity contribution in [1.29, 1.82) is 0 Å². The van der Waals surface area contributed by atoms with Crippen molar-refractivity contribution in [3.63, 3.8) is 0 Å². The van der Waals surface area contributed by atoms with E-state index >= 15 is 0 Å². The average molecular weight is 367 g/mol. The number of nitrogens with one attached hydrogen (secondary N) is 1. The van der Waals surface area contributed by atoms with Crippen molar-refractivity contribution in [3.05, 3.63) is 65.2 Å². The molecular weight excluding hydrogens is 351 g/mol. The molecule has 2 aromatic carbocycles. The van der Waals surface area contributed by atoms with Crippen LogP contribution in [0.3, 0.4) is 0 Å². The number of esters is 1. The maximum atomic E-state index is 12.9. The highest BCUT2D eigenvalue weighted by Crippen LogP contribution is 2.32. The maximum absolute atomic E-state index is 12.9. The fraction of sp³-hybridized carbons (Fsp3) is 0.222. The molecule has 0 aliphatic carbocycles. The van der Waals surface area contributed by atoms with E-state index in [0.29, 0.717) is 5.75 Å². The van der Waals surface area contributed by atoms with E-state index in [2.05, 4.69) is 10.1 Å². The molecule has 0 saturated carbocycles. The van der Waals surface area contributed by atoms with E-state index < -0.39 is 35.8 Å². The molecular formula is C18H16F3NO4. The van der Waals surface area contributed by atoms with E-state index in [1.165, 1.54) is 19.2 Å². The molecule has 5 nitrogen and oxygen atoms in total. The molecule has 2 aromatic rings. The normalized spacial score (nSPS) is 10.9. The van der Waals surface area contributed by atoms with Gasteiger partial charge in [0, 0.05) is 6.54 Å². The molecule has 0 bridgehead atoms. The molecule has 0 atom stereocenters. The minimum atomic E-state index is -4.69. The molecule has 0 aromatic heterocycles. The van der Waals surface area contributed by atoms with Gasteiger partial charge in [-0.3, -0.25) is 4.79 Å². The molecule has 26 heavy (non-hydrogen) atoms. The summed E-state index contributed by atoms with van der Waals surface area (Å²) in [5, 5.41) is 2.51. The summed E-state index contributed by atoms with van der Waals surface area (Å²) < 4.78 is 48.3.